The first kappa shape index (κ1) is 14.6. The molecule has 1 aliphatic heterocycles. The van der Waals surface area contributed by atoms with Crippen molar-refractivity contribution in [1.29, 1.82) is 0 Å². The zero-order chi connectivity index (χ0) is 14.6. The molecule has 0 aliphatic carbocycles. The number of rotatable bonds is 6. The Morgan fingerprint density at radius 1 is 1.35 bits per heavy atom. The maximum Gasteiger partial charge on any atom is 0.250 e. The predicted octanol–water partition coefficient (Wildman–Crippen LogP) is 1.02. The molecule has 1 aromatic rings. The van der Waals surface area contributed by atoms with Gasteiger partial charge in [0.15, 0.2) is 0 Å². The molecule has 0 bridgehead atoms. The molecular weight excluding hydrogens is 260 g/mol. The SMILES string of the molecule is COc1ccc(NC(=O)COC2(C)CNC2)c(OC)c1. The molecule has 0 spiro atoms. The second kappa shape index (κ2) is 6.11. The first-order valence-corrected chi connectivity index (χ1v) is 6.43. The topological polar surface area (TPSA) is 68.8 Å². The van der Waals surface area contributed by atoms with Crippen LogP contribution in [0.25, 0.3) is 0 Å². The summed E-state index contributed by atoms with van der Waals surface area (Å²) in [6.45, 7) is 3.54. The number of amides is 1. The summed E-state index contributed by atoms with van der Waals surface area (Å²) >= 11 is 0. The molecule has 2 rings (SSSR count). The van der Waals surface area contributed by atoms with Crippen LogP contribution in [-0.4, -0.2) is 45.4 Å². The summed E-state index contributed by atoms with van der Waals surface area (Å²) in [4.78, 5) is 11.9. The van der Waals surface area contributed by atoms with Gasteiger partial charge in [-0.3, -0.25) is 4.79 Å². The highest BCUT2D eigenvalue weighted by Crippen LogP contribution is 2.29. The van der Waals surface area contributed by atoms with Crippen LogP contribution in [0.4, 0.5) is 5.69 Å². The molecule has 0 atom stereocenters. The molecule has 2 N–H and O–H groups in total. The third-order valence-corrected chi connectivity index (χ3v) is 3.23. The van der Waals surface area contributed by atoms with Crippen molar-refractivity contribution in [2.45, 2.75) is 12.5 Å². The summed E-state index contributed by atoms with van der Waals surface area (Å²) in [7, 11) is 3.12. The average Bonchev–Trinajstić information content (AvgIpc) is 2.43. The lowest BCUT2D eigenvalue weighted by atomic mass is 10.0. The minimum absolute atomic E-state index is 0.0212. The Morgan fingerprint density at radius 2 is 2.10 bits per heavy atom. The highest BCUT2D eigenvalue weighted by molar-refractivity contribution is 5.93. The molecule has 110 valence electrons. The Bertz CT molecular complexity index is 486. The summed E-state index contributed by atoms with van der Waals surface area (Å²) in [6, 6.07) is 5.21. The van der Waals surface area contributed by atoms with E-state index in [0.717, 1.165) is 13.1 Å². The monoisotopic (exact) mass is 280 g/mol. The predicted molar refractivity (Wildman–Crippen MR) is 75.4 cm³/mol. The lowest BCUT2D eigenvalue weighted by Crippen LogP contribution is -2.59. The van der Waals surface area contributed by atoms with Crippen LogP contribution in [0.15, 0.2) is 18.2 Å². The van der Waals surface area contributed by atoms with E-state index in [1.807, 2.05) is 6.92 Å². The van der Waals surface area contributed by atoms with E-state index in [1.54, 1.807) is 32.4 Å². The van der Waals surface area contributed by atoms with Gasteiger partial charge in [-0.05, 0) is 19.1 Å². The Morgan fingerprint density at radius 3 is 2.65 bits per heavy atom. The first-order chi connectivity index (χ1) is 9.56. The summed E-state index contributed by atoms with van der Waals surface area (Å²) in [6.07, 6.45) is 0. The Balaban J connectivity index is 1.93. The molecule has 6 heteroatoms. The second-order valence-corrected chi connectivity index (χ2v) is 4.96. The summed E-state index contributed by atoms with van der Waals surface area (Å²) in [5.41, 5.74) is 0.361. The number of carbonyl (C=O) groups excluding carboxylic acids is 1. The van der Waals surface area contributed by atoms with Gasteiger partial charge >= 0.3 is 0 Å². The highest BCUT2D eigenvalue weighted by atomic mass is 16.5. The Kier molecular flexibility index (Phi) is 4.46. The molecule has 20 heavy (non-hydrogen) atoms. The summed E-state index contributed by atoms with van der Waals surface area (Å²) in [5.74, 6) is 1.01. The highest BCUT2D eigenvalue weighted by Gasteiger charge is 2.33. The van der Waals surface area contributed by atoms with E-state index >= 15 is 0 Å². The maximum atomic E-state index is 11.9. The third-order valence-electron chi connectivity index (χ3n) is 3.23. The van der Waals surface area contributed by atoms with Crippen LogP contribution in [0.2, 0.25) is 0 Å². The molecule has 1 amide bonds. The number of carbonyl (C=O) groups is 1. The van der Waals surface area contributed by atoms with Crippen LogP contribution in [0.3, 0.4) is 0 Å². The fourth-order valence-corrected chi connectivity index (χ4v) is 1.91. The fraction of sp³-hybridized carbons (Fsp3) is 0.500. The van der Waals surface area contributed by atoms with Gasteiger partial charge < -0.3 is 24.8 Å². The summed E-state index contributed by atoms with van der Waals surface area (Å²) in [5, 5.41) is 5.88. The number of anilines is 1. The van der Waals surface area contributed by atoms with Crippen molar-refractivity contribution in [2.75, 3.05) is 39.2 Å². The number of ether oxygens (including phenoxy) is 3. The van der Waals surface area contributed by atoms with Crippen molar-refractivity contribution in [3.63, 3.8) is 0 Å². The van der Waals surface area contributed by atoms with Crippen LogP contribution in [0.5, 0.6) is 11.5 Å². The van der Waals surface area contributed by atoms with Crippen LogP contribution in [-0.2, 0) is 9.53 Å². The smallest absolute Gasteiger partial charge is 0.250 e. The van der Waals surface area contributed by atoms with Crippen molar-refractivity contribution < 1.29 is 19.0 Å². The lowest BCUT2D eigenvalue weighted by Gasteiger charge is -2.38. The molecule has 6 nitrogen and oxygen atoms in total. The van der Waals surface area contributed by atoms with E-state index in [0.29, 0.717) is 17.2 Å². The molecule has 1 fully saturated rings. The molecule has 0 radical (unpaired) electrons. The summed E-state index contributed by atoms with van der Waals surface area (Å²) < 4.78 is 15.9. The number of methoxy groups -OCH3 is 2. The zero-order valence-electron chi connectivity index (χ0n) is 12.0. The van der Waals surface area contributed by atoms with E-state index in [2.05, 4.69) is 10.6 Å². The Labute approximate surface area is 118 Å². The minimum Gasteiger partial charge on any atom is -0.497 e. The number of hydrogen-bond acceptors (Lipinski definition) is 5. The number of nitrogens with one attached hydrogen (secondary N) is 2. The zero-order valence-corrected chi connectivity index (χ0v) is 12.0. The molecule has 1 aromatic carbocycles. The average molecular weight is 280 g/mol. The van der Waals surface area contributed by atoms with Crippen molar-refractivity contribution >= 4 is 11.6 Å². The maximum absolute atomic E-state index is 11.9. The molecule has 1 heterocycles. The first-order valence-electron chi connectivity index (χ1n) is 6.43. The van der Waals surface area contributed by atoms with Crippen LogP contribution < -0.4 is 20.1 Å². The van der Waals surface area contributed by atoms with E-state index in [1.165, 1.54) is 0 Å². The van der Waals surface area contributed by atoms with Gasteiger partial charge in [-0.1, -0.05) is 0 Å². The molecule has 1 aliphatic rings. The molecule has 1 saturated heterocycles. The quantitative estimate of drug-likeness (QED) is 0.814. The van der Waals surface area contributed by atoms with E-state index in [-0.39, 0.29) is 18.1 Å². The van der Waals surface area contributed by atoms with E-state index in [4.69, 9.17) is 14.2 Å². The van der Waals surface area contributed by atoms with Crippen molar-refractivity contribution in [2.24, 2.45) is 0 Å². The van der Waals surface area contributed by atoms with Gasteiger partial charge in [-0.25, -0.2) is 0 Å². The molecule has 0 saturated carbocycles. The van der Waals surface area contributed by atoms with Gasteiger partial charge in [0.05, 0.1) is 25.5 Å². The van der Waals surface area contributed by atoms with Crippen molar-refractivity contribution in [3.8, 4) is 11.5 Å². The number of hydrogen-bond donors (Lipinski definition) is 2. The van der Waals surface area contributed by atoms with Crippen LogP contribution in [0.1, 0.15) is 6.92 Å². The van der Waals surface area contributed by atoms with Gasteiger partial charge in [0.25, 0.3) is 5.91 Å². The van der Waals surface area contributed by atoms with Gasteiger partial charge in [-0.15, -0.1) is 0 Å². The van der Waals surface area contributed by atoms with Crippen molar-refractivity contribution in [3.05, 3.63) is 18.2 Å². The van der Waals surface area contributed by atoms with Gasteiger partial charge in [-0.2, -0.15) is 0 Å². The molecule has 0 aromatic heterocycles. The van der Waals surface area contributed by atoms with Gasteiger partial charge in [0.1, 0.15) is 18.1 Å². The standard InChI is InChI=1S/C14H20N2O4/c1-14(8-15-9-14)20-7-13(17)16-11-5-4-10(18-2)6-12(11)19-3/h4-6,15H,7-9H2,1-3H3,(H,16,17). The van der Waals surface area contributed by atoms with Gasteiger partial charge in [0.2, 0.25) is 0 Å². The molecule has 0 unspecified atom stereocenters. The lowest BCUT2D eigenvalue weighted by molar-refractivity contribution is -0.130. The second-order valence-electron chi connectivity index (χ2n) is 4.96. The Hall–Kier alpha value is -1.79. The minimum atomic E-state index is -0.235. The van der Waals surface area contributed by atoms with Crippen LogP contribution in [0, 0.1) is 0 Å². The largest absolute Gasteiger partial charge is 0.497 e. The number of benzene rings is 1. The third kappa shape index (κ3) is 3.40. The van der Waals surface area contributed by atoms with Crippen molar-refractivity contribution in [1.82, 2.24) is 5.32 Å². The van der Waals surface area contributed by atoms with E-state index in [9.17, 15) is 4.79 Å². The van der Waals surface area contributed by atoms with E-state index < -0.39 is 0 Å². The fourth-order valence-electron chi connectivity index (χ4n) is 1.91. The normalized spacial score (nSPS) is 16.1. The van der Waals surface area contributed by atoms with Gasteiger partial charge in [0, 0.05) is 19.2 Å². The molecular formula is C14H20N2O4. The van der Waals surface area contributed by atoms with Crippen LogP contribution >= 0.6 is 0 Å².